The van der Waals surface area contributed by atoms with Crippen LogP contribution >= 0.6 is 0 Å². The standard InChI is InChI=1S/C52H36N4O/c1-53-51(55-52(38-19-9-4-10-20-38)54-34-35-15-5-2-6-16-35)39-29-27-37(28-30-39)42-23-14-26-47-50(42)44-32-31-40(33-48(44)57-47)56-45-24-12-11-21-43(45)49-41(22-13-25-46(49)56)36-17-7-3-8-18-36/h2-33H,1,34H2/b54-52-,55-51-. The number of nitrogens with zero attached hydrogens (tertiary/aromatic N) is 4. The molecule has 0 bridgehead atoms. The monoisotopic (exact) mass is 732 g/mol. The predicted octanol–water partition coefficient (Wildman–Crippen LogP) is 13.1. The van der Waals surface area contributed by atoms with Gasteiger partial charge in [0.2, 0.25) is 0 Å². The van der Waals surface area contributed by atoms with E-state index in [-0.39, 0.29) is 0 Å². The van der Waals surface area contributed by atoms with Crippen LogP contribution in [-0.2, 0) is 6.54 Å². The Morgan fingerprint density at radius 3 is 1.89 bits per heavy atom. The van der Waals surface area contributed by atoms with Crippen LogP contribution in [0, 0.1) is 0 Å². The Hall–Kier alpha value is -7.63. The van der Waals surface area contributed by atoms with Crippen molar-refractivity contribution in [2.45, 2.75) is 6.54 Å². The van der Waals surface area contributed by atoms with Crippen molar-refractivity contribution in [3.63, 3.8) is 0 Å². The molecule has 0 radical (unpaired) electrons. The van der Waals surface area contributed by atoms with Crippen LogP contribution < -0.4 is 0 Å². The molecular weight excluding hydrogens is 697 g/mol. The molecule has 10 rings (SSSR count). The number of para-hydroxylation sites is 1. The van der Waals surface area contributed by atoms with Crippen LogP contribution in [0.25, 0.3) is 71.7 Å². The number of fused-ring (bicyclic) bond motifs is 6. The van der Waals surface area contributed by atoms with Crippen molar-refractivity contribution in [3.8, 4) is 27.9 Å². The van der Waals surface area contributed by atoms with Gasteiger partial charge in [-0.05, 0) is 64.9 Å². The molecule has 270 valence electrons. The fourth-order valence-corrected chi connectivity index (χ4v) is 7.97. The second-order valence-electron chi connectivity index (χ2n) is 14.0. The van der Waals surface area contributed by atoms with Crippen molar-refractivity contribution in [2.24, 2.45) is 15.0 Å². The van der Waals surface area contributed by atoms with E-state index in [4.69, 9.17) is 14.4 Å². The van der Waals surface area contributed by atoms with Crippen LogP contribution in [0.5, 0.6) is 0 Å². The zero-order chi connectivity index (χ0) is 38.1. The van der Waals surface area contributed by atoms with Crippen molar-refractivity contribution in [1.29, 1.82) is 0 Å². The molecule has 0 saturated carbocycles. The molecule has 0 amide bonds. The van der Waals surface area contributed by atoms with E-state index in [0.29, 0.717) is 18.2 Å². The van der Waals surface area contributed by atoms with Crippen molar-refractivity contribution in [2.75, 3.05) is 0 Å². The van der Waals surface area contributed by atoms with Crippen LogP contribution in [0.3, 0.4) is 0 Å². The smallest absolute Gasteiger partial charge is 0.161 e. The highest BCUT2D eigenvalue weighted by Crippen LogP contribution is 2.41. The first kappa shape index (κ1) is 33.9. The summed E-state index contributed by atoms with van der Waals surface area (Å²) in [5, 5.41) is 4.61. The Morgan fingerprint density at radius 2 is 1.12 bits per heavy atom. The molecule has 8 aromatic carbocycles. The quantitative estimate of drug-likeness (QED) is 0.119. The Labute approximate surface area is 330 Å². The van der Waals surface area contributed by atoms with E-state index in [0.717, 1.165) is 66.5 Å². The maximum atomic E-state index is 6.62. The van der Waals surface area contributed by atoms with Gasteiger partial charge in [-0.1, -0.05) is 158 Å². The average molecular weight is 733 g/mol. The van der Waals surface area contributed by atoms with Gasteiger partial charge < -0.3 is 8.98 Å². The summed E-state index contributed by atoms with van der Waals surface area (Å²) in [4.78, 5) is 14.2. The number of hydrogen-bond acceptors (Lipinski definition) is 2. The largest absolute Gasteiger partial charge is 0.456 e. The third kappa shape index (κ3) is 6.21. The maximum Gasteiger partial charge on any atom is 0.161 e. The third-order valence-electron chi connectivity index (χ3n) is 10.6. The topological polar surface area (TPSA) is 55.1 Å². The van der Waals surface area contributed by atoms with Gasteiger partial charge in [0.25, 0.3) is 0 Å². The summed E-state index contributed by atoms with van der Waals surface area (Å²) in [6.07, 6.45) is 0. The third-order valence-corrected chi connectivity index (χ3v) is 10.6. The van der Waals surface area contributed by atoms with Crippen LogP contribution in [0.2, 0.25) is 0 Å². The zero-order valence-electron chi connectivity index (χ0n) is 31.1. The molecule has 0 aliphatic carbocycles. The summed E-state index contributed by atoms with van der Waals surface area (Å²) in [6.45, 7) is 4.39. The minimum atomic E-state index is 0.510. The first-order valence-corrected chi connectivity index (χ1v) is 19.1. The van der Waals surface area contributed by atoms with Gasteiger partial charge in [0, 0.05) is 44.4 Å². The van der Waals surface area contributed by atoms with Gasteiger partial charge in [0.1, 0.15) is 11.2 Å². The Bertz CT molecular complexity index is 3140. The molecule has 5 nitrogen and oxygen atoms in total. The number of hydrogen-bond donors (Lipinski definition) is 0. The SMILES string of the molecule is C=N/C(=N\C(=N/Cc1ccccc1)c1ccccc1)c1ccc(-c2cccc3oc4cc(-n5c6ccccc6c6c(-c7ccccc7)cccc65)ccc4c23)cc1. The zero-order valence-corrected chi connectivity index (χ0v) is 31.1. The Morgan fingerprint density at radius 1 is 0.491 bits per heavy atom. The second-order valence-corrected chi connectivity index (χ2v) is 14.0. The molecule has 5 heteroatoms. The summed E-state index contributed by atoms with van der Waals surface area (Å²) in [5.74, 6) is 1.12. The number of aliphatic imine (C=N–C) groups is 3. The number of furan rings is 1. The van der Waals surface area contributed by atoms with Crippen molar-refractivity contribution < 1.29 is 4.42 Å². The molecule has 2 aromatic heterocycles. The van der Waals surface area contributed by atoms with E-state index < -0.39 is 0 Å². The van der Waals surface area contributed by atoms with E-state index in [1.807, 2.05) is 66.7 Å². The van der Waals surface area contributed by atoms with Crippen LogP contribution in [0.1, 0.15) is 16.7 Å². The minimum absolute atomic E-state index is 0.510. The van der Waals surface area contributed by atoms with Gasteiger partial charge in [0.15, 0.2) is 11.7 Å². The highest BCUT2D eigenvalue weighted by molar-refractivity contribution is 6.17. The first-order valence-electron chi connectivity index (χ1n) is 19.1. The van der Waals surface area contributed by atoms with Crippen molar-refractivity contribution in [1.82, 2.24) is 4.57 Å². The van der Waals surface area contributed by atoms with Crippen molar-refractivity contribution in [3.05, 3.63) is 211 Å². The summed E-state index contributed by atoms with van der Waals surface area (Å²) >= 11 is 0. The molecular formula is C52H36N4O. The fourth-order valence-electron chi connectivity index (χ4n) is 7.97. The van der Waals surface area contributed by atoms with Crippen LogP contribution in [0.4, 0.5) is 0 Å². The molecule has 57 heavy (non-hydrogen) atoms. The van der Waals surface area contributed by atoms with Gasteiger partial charge in [-0.2, -0.15) is 0 Å². The number of aromatic nitrogens is 1. The lowest BCUT2D eigenvalue weighted by Gasteiger charge is -2.09. The molecule has 0 atom stereocenters. The van der Waals surface area contributed by atoms with E-state index in [1.165, 1.54) is 21.9 Å². The normalized spacial score (nSPS) is 12.2. The number of rotatable bonds is 7. The van der Waals surface area contributed by atoms with Crippen LogP contribution in [-0.4, -0.2) is 23.0 Å². The van der Waals surface area contributed by atoms with E-state index in [9.17, 15) is 0 Å². The molecule has 0 saturated heterocycles. The molecule has 0 N–H and O–H groups in total. The lowest BCUT2D eigenvalue weighted by Crippen LogP contribution is -2.05. The molecule has 2 heterocycles. The minimum Gasteiger partial charge on any atom is -0.456 e. The van der Waals surface area contributed by atoms with E-state index in [1.54, 1.807) is 0 Å². The highest BCUT2D eigenvalue weighted by atomic mass is 16.3. The summed E-state index contributed by atoms with van der Waals surface area (Å²) < 4.78 is 8.97. The summed E-state index contributed by atoms with van der Waals surface area (Å²) in [6, 6.07) is 67.2. The van der Waals surface area contributed by atoms with E-state index in [2.05, 4.69) is 144 Å². The summed E-state index contributed by atoms with van der Waals surface area (Å²) in [5.41, 5.74) is 12.5. The van der Waals surface area contributed by atoms with Gasteiger partial charge in [-0.15, -0.1) is 0 Å². The van der Waals surface area contributed by atoms with Gasteiger partial charge in [0.05, 0.1) is 17.6 Å². The Balaban J connectivity index is 1.03. The summed E-state index contributed by atoms with van der Waals surface area (Å²) in [7, 11) is 0. The van der Waals surface area contributed by atoms with Gasteiger partial charge in [-0.3, -0.25) is 4.99 Å². The lowest BCUT2D eigenvalue weighted by molar-refractivity contribution is 0.668. The second kappa shape index (κ2) is 14.5. The molecule has 0 aliphatic rings. The number of benzene rings is 8. The number of amidine groups is 2. The van der Waals surface area contributed by atoms with E-state index >= 15 is 0 Å². The fraction of sp³-hybridized carbons (Fsp3) is 0.0192. The average Bonchev–Trinajstić information content (AvgIpc) is 3.83. The predicted molar refractivity (Wildman–Crippen MR) is 238 cm³/mol. The highest BCUT2D eigenvalue weighted by Gasteiger charge is 2.18. The molecule has 0 aliphatic heterocycles. The molecule has 0 fully saturated rings. The van der Waals surface area contributed by atoms with Gasteiger partial charge >= 0.3 is 0 Å². The Kier molecular flexibility index (Phi) is 8.65. The molecule has 0 spiro atoms. The maximum absolute atomic E-state index is 6.62. The van der Waals surface area contributed by atoms with Crippen LogP contribution in [0.15, 0.2) is 214 Å². The van der Waals surface area contributed by atoms with Crippen molar-refractivity contribution >= 4 is 62.1 Å². The first-order chi connectivity index (χ1) is 28.2. The molecule has 10 aromatic rings. The lowest BCUT2D eigenvalue weighted by atomic mass is 9.98. The van der Waals surface area contributed by atoms with Gasteiger partial charge in [-0.25, -0.2) is 9.98 Å². The molecule has 0 unspecified atom stereocenters.